The molecule has 0 aromatic carbocycles. The van der Waals surface area contributed by atoms with Crippen molar-refractivity contribution in [1.29, 1.82) is 0 Å². The molecule has 0 fully saturated rings. The van der Waals surface area contributed by atoms with Crippen molar-refractivity contribution in [1.82, 2.24) is 0 Å². The maximum atomic E-state index is 5.17. The quantitative estimate of drug-likeness (QED) is 0.387. The summed E-state index contributed by atoms with van der Waals surface area (Å²) >= 11 is 0. The van der Waals surface area contributed by atoms with Crippen LogP contribution in [-0.4, -0.2) is 0 Å². The van der Waals surface area contributed by atoms with Gasteiger partial charge in [0.15, 0.2) is 0 Å². The molecule has 0 aliphatic heterocycles. The lowest BCUT2D eigenvalue weighted by Gasteiger charge is -2.02. The summed E-state index contributed by atoms with van der Waals surface area (Å²) in [7, 11) is 0. The summed E-state index contributed by atoms with van der Waals surface area (Å²) in [6, 6.07) is 0. The molecule has 1 unspecified atom stereocenters. The SMILES string of the molecule is C#CC(=C=C)C(C)CC. The van der Waals surface area contributed by atoms with E-state index in [4.69, 9.17) is 6.42 Å². The van der Waals surface area contributed by atoms with Crippen LogP contribution in [0.15, 0.2) is 17.9 Å². The van der Waals surface area contributed by atoms with Crippen LogP contribution in [0.4, 0.5) is 0 Å². The lowest BCUT2D eigenvalue weighted by atomic mass is 10.0. The molecule has 0 rings (SSSR count). The van der Waals surface area contributed by atoms with Crippen LogP contribution >= 0.6 is 0 Å². The standard InChI is InChI=1S/C9H12/c1-5-8(4)9(6-2)7-3/h2,8H,3,5H2,1,4H3. The van der Waals surface area contributed by atoms with E-state index in [0.29, 0.717) is 5.92 Å². The van der Waals surface area contributed by atoms with Crippen LogP contribution < -0.4 is 0 Å². The summed E-state index contributed by atoms with van der Waals surface area (Å²) in [6.07, 6.45) is 6.23. The molecule has 48 valence electrons. The van der Waals surface area contributed by atoms with Crippen molar-refractivity contribution in [2.45, 2.75) is 20.3 Å². The molecule has 0 radical (unpaired) electrons. The Morgan fingerprint density at radius 3 is 2.44 bits per heavy atom. The summed E-state index contributed by atoms with van der Waals surface area (Å²) < 4.78 is 0. The van der Waals surface area contributed by atoms with E-state index in [0.717, 1.165) is 12.0 Å². The minimum atomic E-state index is 0.437. The second-order valence-corrected chi connectivity index (χ2v) is 2.04. The van der Waals surface area contributed by atoms with Gasteiger partial charge in [-0.05, 0) is 12.3 Å². The highest BCUT2D eigenvalue weighted by Gasteiger charge is 2.00. The van der Waals surface area contributed by atoms with Gasteiger partial charge >= 0.3 is 0 Å². The molecule has 1 atom stereocenters. The second kappa shape index (κ2) is 4.01. The second-order valence-electron chi connectivity index (χ2n) is 2.04. The molecule has 0 aliphatic carbocycles. The molecule has 0 aromatic heterocycles. The van der Waals surface area contributed by atoms with Gasteiger partial charge in [0.2, 0.25) is 0 Å². The Balaban J connectivity index is 4.19. The summed E-state index contributed by atoms with van der Waals surface area (Å²) in [5.74, 6) is 2.98. The highest BCUT2D eigenvalue weighted by molar-refractivity contribution is 5.25. The molecule has 0 aliphatic rings. The average molecular weight is 120 g/mol. The van der Waals surface area contributed by atoms with Crippen LogP contribution in [0.3, 0.4) is 0 Å². The Kier molecular flexibility index (Phi) is 3.60. The van der Waals surface area contributed by atoms with E-state index in [1.165, 1.54) is 0 Å². The third-order valence-corrected chi connectivity index (χ3v) is 1.45. The van der Waals surface area contributed by atoms with E-state index in [1.807, 2.05) is 0 Å². The molecule has 0 bridgehead atoms. The van der Waals surface area contributed by atoms with Gasteiger partial charge in [0.25, 0.3) is 0 Å². The zero-order valence-electron chi connectivity index (χ0n) is 6.07. The fourth-order valence-electron chi connectivity index (χ4n) is 0.572. The zero-order valence-corrected chi connectivity index (χ0v) is 6.07. The monoisotopic (exact) mass is 120 g/mol. The van der Waals surface area contributed by atoms with E-state index in [2.05, 4.69) is 32.1 Å². The Morgan fingerprint density at radius 1 is 1.78 bits per heavy atom. The first kappa shape index (κ1) is 8.08. The Bertz CT molecular complexity index is 163. The van der Waals surface area contributed by atoms with Gasteiger partial charge in [0.05, 0.1) is 0 Å². The summed E-state index contributed by atoms with van der Waals surface area (Å²) in [6.45, 7) is 7.67. The van der Waals surface area contributed by atoms with Gasteiger partial charge in [0, 0.05) is 5.57 Å². The van der Waals surface area contributed by atoms with Crippen molar-refractivity contribution in [3.63, 3.8) is 0 Å². The van der Waals surface area contributed by atoms with Gasteiger partial charge < -0.3 is 0 Å². The van der Waals surface area contributed by atoms with Crippen LogP contribution in [0.2, 0.25) is 0 Å². The molecule has 9 heavy (non-hydrogen) atoms. The number of hydrogen-bond acceptors (Lipinski definition) is 0. The lowest BCUT2D eigenvalue weighted by molar-refractivity contribution is 0.676. The normalized spacial score (nSPS) is 11.2. The fourth-order valence-corrected chi connectivity index (χ4v) is 0.572. The minimum Gasteiger partial charge on any atom is -0.116 e. The molecule has 0 nitrogen and oxygen atoms in total. The number of terminal acetylenes is 1. The smallest absolute Gasteiger partial charge is 0.0457 e. The number of allylic oxidation sites excluding steroid dienone is 1. The Hall–Kier alpha value is -0.920. The topological polar surface area (TPSA) is 0 Å². The number of hydrogen-bond donors (Lipinski definition) is 0. The van der Waals surface area contributed by atoms with Gasteiger partial charge in [-0.15, -0.1) is 12.2 Å². The van der Waals surface area contributed by atoms with Crippen molar-refractivity contribution in [3.8, 4) is 12.3 Å². The van der Waals surface area contributed by atoms with Crippen molar-refractivity contribution in [2.24, 2.45) is 5.92 Å². The van der Waals surface area contributed by atoms with Crippen LogP contribution in [0.1, 0.15) is 20.3 Å². The highest BCUT2D eigenvalue weighted by Crippen LogP contribution is 2.10. The molecule has 0 saturated heterocycles. The van der Waals surface area contributed by atoms with Crippen LogP contribution in [0, 0.1) is 18.3 Å². The van der Waals surface area contributed by atoms with E-state index in [9.17, 15) is 0 Å². The maximum Gasteiger partial charge on any atom is 0.0457 e. The third kappa shape index (κ3) is 2.22. The molecular formula is C9H12. The lowest BCUT2D eigenvalue weighted by Crippen LogP contribution is -1.92. The largest absolute Gasteiger partial charge is 0.116 e. The van der Waals surface area contributed by atoms with Gasteiger partial charge in [-0.2, -0.15) is 0 Å². The van der Waals surface area contributed by atoms with E-state index >= 15 is 0 Å². The summed E-state index contributed by atoms with van der Waals surface area (Å²) in [4.78, 5) is 0. The van der Waals surface area contributed by atoms with E-state index in [-0.39, 0.29) is 0 Å². The molecule has 0 N–H and O–H groups in total. The van der Waals surface area contributed by atoms with Gasteiger partial charge in [-0.25, -0.2) is 0 Å². The third-order valence-electron chi connectivity index (χ3n) is 1.45. The highest BCUT2D eigenvalue weighted by atomic mass is 14.0. The van der Waals surface area contributed by atoms with Crippen molar-refractivity contribution < 1.29 is 0 Å². The summed E-state index contributed by atoms with van der Waals surface area (Å²) in [5, 5.41) is 0. The van der Waals surface area contributed by atoms with E-state index < -0.39 is 0 Å². The van der Waals surface area contributed by atoms with Crippen molar-refractivity contribution >= 4 is 0 Å². The molecular weight excluding hydrogens is 108 g/mol. The van der Waals surface area contributed by atoms with E-state index in [1.54, 1.807) is 0 Å². The summed E-state index contributed by atoms with van der Waals surface area (Å²) in [5.41, 5.74) is 3.62. The van der Waals surface area contributed by atoms with Gasteiger partial charge in [0.1, 0.15) is 0 Å². The average Bonchev–Trinajstić information content (AvgIpc) is 1.90. The molecule has 0 heteroatoms. The fraction of sp³-hybridized carbons (Fsp3) is 0.444. The predicted octanol–water partition coefficient (Wildman–Crippen LogP) is 2.38. The maximum absolute atomic E-state index is 5.17. The van der Waals surface area contributed by atoms with Crippen molar-refractivity contribution in [2.75, 3.05) is 0 Å². The molecule has 0 aromatic rings. The Morgan fingerprint density at radius 2 is 2.33 bits per heavy atom. The van der Waals surface area contributed by atoms with Gasteiger partial charge in [-0.3, -0.25) is 0 Å². The van der Waals surface area contributed by atoms with Crippen LogP contribution in [0.25, 0.3) is 0 Å². The first-order chi connectivity index (χ1) is 4.26. The first-order valence-electron chi connectivity index (χ1n) is 3.12. The Labute approximate surface area is 57.3 Å². The molecule has 0 spiro atoms. The molecule has 0 heterocycles. The predicted molar refractivity (Wildman–Crippen MR) is 40.9 cm³/mol. The van der Waals surface area contributed by atoms with Crippen molar-refractivity contribution in [3.05, 3.63) is 17.9 Å². The first-order valence-corrected chi connectivity index (χ1v) is 3.12. The molecule has 0 amide bonds. The minimum absolute atomic E-state index is 0.437. The van der Waals surface area contributed by atoms with Crippen LogP contribution in [-0.2, 0) is 0 Å². The number of rotatable bonds is 2. The van der Waals surface area contributed by atoms with Crippen LogP contribution in [0.5, 0.6) is 0 Å². The molecule has 0 saturated carbocycles. The zero-order chi connectivity index (χ0) is 7.28. The van der Waals surface area contributed by atoms with Gasteiger partial charge in [-0.1, -0.05) is 26.3 Å².